The van der Waals surface area contributed by atoms with Crippen molar-refractivity contribution in [2.45, 2.75) is 13.3 Å². The summed E-state index contributed by atoms with van der Waals surface area (Å²) in [6, 6.07) is 3.44. The Bertz CT molecular complexity index is 517. The minimum absolute atomic E-state index is 0.0813. The smallest absolute Gasteiger partial charge is 0.202 e. The number of nitrogens with zero attached hydrogens (tertiary/aromatic N) is 1. The molecule has 0 atom stereocenters. The Morgan fingerprint density at radius 3 is 2.94 bits per heavy atom. The van der Waals surface area contributed by atoms with Gasteiger partial charge in [-0.1, -0.05) is 0 Å². The maximum Gasteiger partial charge on any atom is 0.202 e. The number of aryl methyl sites for hydroxylation is 1. The molecule has 0 amide bonds. The quantitative estimate of drug-likeness (QED) is 0.796. The predicted molar refractivity (Wildman–Crippen MR) is 60.1 cm³/mol. The van der Waals surface area contributed by atoms with Crippen molar-refractivity contribution in [1.29, 1.82) is 0 Å². The molecule has 0 aliphatic heterocycles. The zero-order chi connectivity index (χ0) is 11.5. The number of carbonyl (C=O) groups is 1. The number of carbonyl (C=O) groups excluding carboxylic acids is 1. The van der Waals surface area contributed by atoms with Gasteiger partial charge in [-0.2, -0.15) is 0 Å². The number of ketones is 1. The number of rotatable bonds is 3. The average Bonchev–Trinajstić information content (AvgIpc) is 2.68. The highest BCUT2D eigenvalue weighted by Crippen LogP contribution is 2.15. The number of nitrogens with two attached hydrogens (primary N) is 1. The highest BCUT2D eigenvalue weighted by Gasteiger charge is 2.14. The minimum atomic E-state index is -0.0813. The van der Waals surface area contributed by atoms with Gasteiger partial charge in [0.1, 0.15) is 0 Å². The van der Waals surface area contributed by atoms with Gasteiger partial charge < -0.3 is 10.2 Å². The molecule has 0 aliphatic carbocycles. The summed E-state index contributed by atoms with van der Waals surface area (Å²) >= 11 is 0. The van der Waals surface area contributed by atoms with Crippen LogP contribution in [-0.2, 0) is 6.42 Å². The van der Waals surface area contributed by atoms with Crippen molar-refractivity contribution in [1.82, 2.24) is 4.98 Å². The van der Waals surface area contributed by atoms with Crippen LogP contribution in [0.15, 0.2) is 35.2 Å². The lowest BCUT2D eigenvalue weighted by Gasteiger charge is -2.02. The highest BCUT2D eigenvalue weighted by atomic mass is 16.3. The zero-order valence-electron chi connectivity index (χ0n) is 8.93. The fourth-order valence-electron chi connectivity index (χ4n) is 1.50. The minimum Gasteiger partial charge on any atom is -0.461 e. The lowest BCUT2D eigenvalue weighted by Crippen LogP contribution is -2.06. The van der Waals surface area contributed by atoms with Crippen molar-refractivity contribution < 1.29 is 9.21 Å². The van der Waals surface area contributed by atoms with Crippen LogP contribution in [0.2, 0.25) is 0 Å². The standard InChI is InChI=1S/C12H12N2O2/c1-8-3-5-16-12(8)11(15)6-9-7-14-4-2-10(9)13/h2-5,7H,6H2,1H3,(H2,13,14). The molecule has 0 saturated carbocycles. The Morgan fingerprint density at radius 1 is 1.50 bits per heavy atom. The largest absolute Gasteiger partial charge is 0.461 e. The fraction of sp³-hybridized carbons (Fsp3) is 0.167. The molecule has 0 bridgehead atoms. The molecule has 0 unspecified atom stereocenters. The van der Waals surface area contributed by atoms with Crippen LogP contribution < -0.4 is 5.73 Å². The van der Waals surface area contributed by atoms with Gasteiger partial charge in [0.2, 0.25) is 5.78 Å². The molecule has 2 aromatic heterocycles. The lowest BCUT2D eigenvalue weighted by atomic mass is 10.1. The van der Waals surface area contributed by atoms with Crippen molar-refractivity contribution in [3.8, 4) is 0 Å². The van der Waals surface area contributed by atoms with E-state index in [0.29, 0.717) is 11.4 Å². The van der Waals surface area contributed by atoms with Gasteiger partial charge in [-0.3, -0.25) is 9.78 Å². The Kier molecular flexibility index (Phi) is 2.72. The number of pyridine rings is 1. The normalized spacial score (nSPS) is 10.3. The van der Waals surface area contributed by atoms with E-state index in [1.54, 1.807) is 24.5 Å². The summed E-state index contributed by atoms with van der Waals surface area (Å²) in [5.74, 6) is 0.311. The molecule has 0 spiro atoms. The zero-order valence-corrected chi connectivity index (χ0v) is 8.93. The van der Waals surface area contributed by atoms with Gasteiger partial charge in [0.15, 0.2) is 5.76 Å². The van der Waals surface area contributed by atoms with Gasteiger partial charge in [-0.05, 0) is 24.6 Å². The molecule has 0 fully saturated rings. The van der Waals surface area contributed by atoms with E-state index in [1.165, 1.54) is 6.26 Å². The Morgan fingerprint density at radius 2 is 2.31 bits per heavy atom. The van der Waals surface area contributed by atoms with Crippen LogP contribution in [-0.4, -0.2) is 10.8 Å². The van der Waals surface area contributed by atoms with Crippen LogP contribution >= 0.6 is 0 Å². The third-order valence-electron chi connectivity index (χ3n) is 2.41. The predicted octanol–water partition coefficient (Wildman–Crippen LogP) is 1.99. The van der Waals surface area contributed by atoms with E-state index in [2.05, 4.69) is 4.98 Å². The van der Waals surface area contributed by atoms with Gasteiger partial charge in [0, 0.05) is 30.1 Å². The van der Waals surface area contributed by atoms with Crippen LogP contribution in [0, 0.1) is 6.92 Å². The van der Waals surface area contributed by atoms with Crippen LogP contribution in [0.3, 0.4) is 0 Å². The van der Waals surface area contributed by atoms with Crippen molar-refractivity contribution in [3.63, 3.8) is 0 Å². The average molecular weight is 216 g/mol. The number of nitrogen functional groups attached to an aromatic ring is 1. The maximum atomic E-state index is 11.9. The summed E-state index contributed by atoms with van der Waals surface area (Å²) in [4.78, 5) is 15.8. The molecule has 2 heterocycles. The van der Waals surface area contributed by atoms with E-state index in [9.17, 15) is 4.79 Å². The van der Waals surface area contributed by atoms with E-state index in [4.69, 9.17) is 10.2 Å². The lowest BCUT2D eigenvalue weighted by molar-refractivity contribution is 0.0965. The molecule has 4 nitrogen and oxygen atoms in total. The van der Waals surface area contributed by atoms with E-state index in [0.717, 1.165) is 11.1 Å². The first-order valence-electron chi connectivity index (χ1n) is 4.94. The van der Waals surface area contributed by atoms with Crippen LogP contribution in [0.1, 0.15) is 21.7 Å². The number of furan rings is 1. The van der Waals surface area contributed by atoms with Gasteiger partial charge in [0.25, 0.3) is 0 Å². The third kappa shape index (κ3) is 1.95. The van der Waals surface area contributed by atoms with E-state index >= 15 is 0 Å². The second-order valence-corrected chi connectivity index (χ2v) is 3.61. The molecule has 2 aromatic rings. The SMILES string of the molecule is Cc1ccoc1C(=O)Cc1cnccc1N. The number of aromatic nitrogens is 1. The van der Waals surface area contributed by atoms with E-state index in [1.807, 2.05) is 6.92 Å². The Labute approximate surface area is 93.1 Å². The Hall–Kier alpha value is -2.10. The first-order chi connectivity index (χ1) is 7.68. The molecule has 0 aliphatic rings. The molecule has 2 N–H and O–H groups in total. The molecular formula is C12H12N2O2. The molecule has 0 radical (unpaired) electrons. The van der Waals surface area contributed by atoms with Crippen molar-refractivity contribution in [2.75, 3.05) is 5.73 Å². The second kappa shape index (κ2) is 4.18. The molecule has 16 heavy (non-hydrogen) atoms. The summed E-state index contributed by atoms with van der Waals surface area (Å²) in [7, 11) is 0. The first-order valence-corrected chi connectivity index (χ1v) is 4.94. The number of anilines is 1. The van der Waals surface area contributed by atoms with E-state index < -0.39 is 0 Å². The van der Waals surface area contributed by atoms with Gasteiger partial charge >= 0.3 is 0 Å². The Balaban J connectivity index is 2.21. The first kappa shape index (κ1) is 10.4. The second-order valence-electron chi connectivity index (χ2n) is 3.61. The molecule has 0 aromatic carbocycles. The summed E-state index contributed by atoms with van der Waals surface area (Å²) in [6.45, 7) is 1.84. The van der Waals surface area contributed by atoms with Crippen LogP contribution in [0.25, 0.3) is 0 Å². The highest BCUT2D eigenvalue weighted by molar-refractivity contribution is 5.96. The molecule has 2 rings (SSSR count). The fourth-order valence-corrected chi connectivity index (χ4v) is 1.50. The third-order valence-corrected chi connectivity index (χ3v) is 2.41. The summed E-state index contributed by atoms with van der Waals surface area (Å²) in [5.41, 5.74) is 7.88. The van der Waals surface area contributed by atoms with Crippen LogP contribution in [0.5, 0.6) is 0 Å². The maximum absolute atomic E-state index is 11.9. The monoisotopic (exact) mass is 216 g/mol. The number of Topliss-reactive ketones (excluding diaryl/α,β-unsaturated/α-hetero) is 1. The van der Waals surface area contributed by atoms with Gasteiger partial charge in [0.05, 0.1) is 6.26 Å². The van der Waals surface area contributed by atoms with Gasteiger partial charge in [-0.25, -0.2) is 0 Å². The van der Waals surface area contributed by atoms with E-state index in [-0.39, 0.29) is 12.2 Å². The van der Waals surface area contributed by atoms with Gasteiger partial charge in [-0.15, -0.1) is 0 Å². The molecule has 0 saturated heterocycles. The summed E-state index contributed by atoms with van der Waals surface area (Å²) in [5, 5.41) is 0. The van der Waals surface area contributed by atoms with Crippen molar-refractivity contribution >= 4 is 11.5 Å². The molecular weight excluding hydrogens is 204 g/mol. The van der Waals surface area contributed by atoms with Crippen molar-refractivity contribution in [3.05, 3.63) is 47.7 Å². The number of hydrogen-bond acceptors (Lipinski definition) is 4. The van der Waals surface area contributed by atoms with Crippen LogP contribution in [0.4, 0.5) is 5.69 Å². The summed E-state index contributed by atoms with van der Waals surface area (Å²) in [6.07, 6.45) is 4.93. The summed E-state index contributed by atoms with van der Waals surface area (Å²) < 4.78 is 5.13. The van der Waals surface area contributed by atoms with Crippen molar-refractivity contribution in [2.24, 2.45) is 0 Å². The molecule has 82 valence electrons. The number of hydrogen-bond donors (Lipinski definition) is 1. The molecule has 4 heteroatoms. The topological polar surface area (TPSA) is 69.1 Å².